The molecule has 0 aromatic heterocycles. The van der Waals surface area contributed by atoms with Crippen LogP contribution in [0.5, 0.6) is 5.75 Å². The van der Waals surface area contributed by atoms with Gasteiger partial charge in [0.15, 0.2) is 0 Å². The SMILES string of the molecule is CCO[C@H](c1ccccc1O)[C@@H](C)OCC. The van der Waals surface area contributed by atoms with Crippen LogP contribution in [-0.4, -0.2) is 24.4 Å². The van der Waals surface area contributed by atoms with Crippen LogP contribution in [0, 0.1) is 0 Å². The van der Waals surface area contributed by atoms with E-state index in [-0.39, 0.29) is 18.0 Å². The molecule has 0 radical (unpaired) electrons. The highest BCUT2D eigenvalue weighted by molar-refractivity contribution is 5.34. The van der Waals surface area contributed by atoms with E-state index in [2.05, 4.69) is 0 Å². The molecule has 0 amide bonds. The number of ether oxygens (including phenoxy) is 2. The summed E-state index contributed by atoms with van der Waals surface area (Å²) in [7, 11) is 0. The zero-order chi connectivity index (χ0) is 12.0. The number of para-hydroxylation sites is 1. The van der Waals surface area contributed by atoms with Crippen molar-refractivity contribution >= 4 is 0 Å². The highest BCUT2D eigenvalue weighted by Gasteiger charge is 2.22. The highest BCUT2D eigenvalue weighted by Crippen LogP contribution is 2.30. The summed E-state index contributed by atoms with van der Waals surface area (Å²) in [4.78, 5) is 0. The predicted molar refractivity (Wildman–Crippen MR) is 63.6 cm³/mol. The van der Waals surface area contributed by atoms with Crippen LogP contribution in [0.3, 0.4) is 0 Å². The Balaban J connectivity index is 2.88. The molecule has 1 N–H and O–H groups in total. The predicted octanol–water partition coefficient (Wildman–Crippen LogP) is 2.89. The molecule has 0 unspecified atom stereocenters. The average Bonchev–Trinajstić information content (AvgIpc) is 2.27. The molecule has 0 spiro atoms. The largest absolute Gasteiger partial charge is 0.508 e. The summed E-state index contributed by atoms with van der Waals surface area (Å²) >= 11 is 0. The number of rotatable bonds is 6. The van der Waals surface area contributed by atoms with Gasteiger partial charge < -0.3 is 14.6 Å². The Morgan fingerprint density at radius 1 is 1.12 bits per heavy atom. The van der Waals surface area contributed by atoms with E-state index in [1.54, 1.807) is 12.1 Å². The zero-order valence-electron chi connectivity index (χ0n) is 10.1. The van der Waals surface area contributed by atoms with Crippen molar-refractivity contribution in [1.29, 1.82) is 0 Å². The van der Waals surface area contributed by atoms with Gasteiger partial charge in [0.2, 0.25) is 0 Å². The summed E-state index contributed by atoms with van der Waals surface area (Å²) < 4.78 is 11.2. The molecule has 0 aliphatic carbocycles. The van der Waals surface area contributed by atoms with Gasteiger partial charge in [0.1, 0.15) is 11.9 Å². The lowest BCUT2D eigenvalue weighted by Crippen LogP contribution is -2.22. The Morgan fingerprint density at radius 3 is 2.31 bits per heavy atom. The van der Waals surface area contributed by atoms with Crippen molar-refractivity contribution < 1.29 is 14.6 Å². The third-order valence-corrected chi connectivity index (χ3v) is 2.45. The van der Waals surface area contributed by atoms with Gasteiger partial charge in [0.05, 0.1) is 6.10 Å². The molecule has 90 valence electrons. The first-order valence-corrected chi connectivity index (χ1v) is 5.71. The molecule has 1 rings (SSSR count). The van der Waals surface area contributed by atoms with E-state index in [1.165, 1.54) is 0 Å². The molecule has 0 bridgehead atoms. The second-order valence-electron chi connectivity index (χ2n) is 3.60. The van der Waals surface area contributed by atoms with Crippen molar-refractivity contribution in [3.63, 3.8) is 0 Å². The Bertz CT molecular complexity index is 312. The van der Waals surface area contributed by atoms with Crippen molar-refractivity contribution in [2.45, 2.75) is 33.0 Å². The minimum absolute atomic E-state index is 0.0711. The van der Waals surface area contributed by atoms with Crippen LogP contribution in [0.1, 0.15) is 32.4 Å². The first kappa shape index (κ1) is 13.0. The number of phenolic OH excluding ortho intramolecular Hbond substituents is 1. The third-order valence-electron chi connectivity index (χ3n) is 2.45. The standard InChI is InChI=1S/C13H20O3/c1-4-15-10(3)13(16-5-2)11-8-6-7-9-12(11)14/h6-10,13-14H,4-5H2,1-3H3/t10-,13+/m1/s1. The first-order chi connectivity index (χ1) is 7.70. The Kier molecular flexibility index (Phi) is 5.29. The van der Waals surface area contributed by atoms with Crippen molar-refractivity contribution in [2.24, 2.45) is 0 Å². The Hall–Kier alpha value is -1.06. The lowest BCUT2D eigenvalue weighted by molar-refractivity contribution is -0.0610. The third kappa shape index (κ3) is 3.22. The minimum atomic E-state index is -0.217. The summed E-state index contributed by atoms with van der Waals surface area (Å²) in [6.07, 6.45) is -0.288. The van der Waals surface area contributed by atoms with E-state index >= 15 is 0 Å². The summed E-state index contributed by atoms with van der Waals surface area (Å²) in [5.74, 6) is 0.257. The number of phenols is 1. The molecule has 3 nitrogen and oxygen atoms in total. The second kappa shape index (κ2) is 6.51. The number of aromatic hydroxyl groups is 1. The van der Waals surface area contributed by atoms with E-state index in [1.807, 2.05) is 32.9 Å². The van der Waals surface area contributed by atoms with Gasteiger partial charge in [-0.05, 0) is 26.8 Å². The average molecular weight is 224 g/mol. The van der Waals surface area contributed by atoms with Crippen LogP contribution in [0.25, 0.3) is 0 Å². The molecule has 0 saturated carbocycles. The van der Waals surface area contributed by atoms with E-state index in [0.717, 1.165) is 5.56 Å². The van der Waals surface area contributed by atoms with E-state index < -0.39 is 0 Å². The van der Waals surface area contributed by atoms with Crippen LogP contribution in [-0.2, 0) is 9.47 Å². The molecule has 0 saturated heterocycles. The number of hydrogen-bond donors (Lipinski definition) is 1. The van der Waals surface area contributed by atoms with E-state index in [4.69, 9.17) is 9.47 Å². The molecular formula is C13H20O3. The van der Waals surface area contributed by atoms with Gasteiger partial charge >= 0.3 is 0 Å². The molecule has 2 atom stereocenters. The molecule has 0 fully saturated rings. The number of benzene rings is 1. The number of hydrogen-bond acceptors (Lipinski definition) is 3. The van der Waals surface area contributed by atoms with Crippen molar-refractivity contribution in [3.05, 3.63) is 29.8 Å². The Labute approximate surface area is 97.0 Å². The maximum absolute atomic E-state index is 9.79. The van der Waals surface area contributed by atoms with Crippen LogP contribution in [0.2, 0.25) is 0 Å². The van der Waals surface area contributed by atoms with Gasteiger partial charge in [-0.2, -0.15) is 0 Å². The second-order valence-corrected chi connectivity index (χ2v) is 3.60. The maximum Gasteiger partial charge on any atom is 0.121 e. The summed E-state index contributed by atoms with van der Waals surface area (Å²) in [6.45, 7) is 7.07. The molecule has 0 heterocycles. The molecule has 1 aromatic carbocycles. The topological polar surface area (TPSA) is 38.7 Å². The van der Waals surface area contributed by atoms with E-state index in [9.17, 15) is 5.11 Å². The molecule has 16 heavy (non-hydrogen) atoms. The van der Waals surface area contributed by atoms with Gasteiger partial charge in [-0.15, -0.1) is 0 Å². The van der Waals surface area contributed by atoms with Crippen molar-refractivity contribution in [2.75, 3.05) is 13.2 Å². The molecule has 3 heteroatoms. The lowest BCUT2D eigenvalue weighted by Gasteiger charge is -2.24. The van der Waals surface area contributed by atoms with Gasteiger partial charge in [0, 0.05) is 18.8 Å². The first-order valence-electron chi connectivity index (χ1n) is 5.71. The highest BCUT2D eigenvalue weighted by atomic mass is 16.5. The monoisotopic (exact) mass is 224 g/mol. The maximum atomic E-state index is 9.79. The van der Waals surface area contributed by atoms with Gasteiger partial charge in [0.25, 0.3) is 0 Å². The fraction of sp³-hybridized carbons (Fsp3) is 0.538. The smallest absolute Gasteiger partial charge is 0.121 e. The summed E-state index contributed by atoms with van der Waals surface area (Å²) in [5.41, 5.74) is 0.783. The van der Waals surface area contributed by atoms with Crippen LogP contribution in [0.15, 0.2) is 24.3 Å². The Morgan fingerprint density at radius 2 is 1.75 bits per heavy atom. The van der Waals surface area contributed by atoms with Crippen LogP contribution in [0.4, 0.5) is 0 Å². The fourth-order valence-corrected chi connectivity index (χ4v) is 1.74. The van der Waals surface area contributed by atoms with Crippen molar-refractivity contribution in [1.82, 2.24) is 0 Å². The zero-order valence-corrected chi connectivity index (χ0v) is 10.1. The molecular weight excluding hydrogens is 204 g/mol. The molecule has 0 aliphatic heterocycles. The van der Waals surface area contributed by atoms with Crippen LogP contribution >= 0.6 is 0 Å². The van der Waals surface area contributed by atoms with Crippen molar-refractivity contribution in [3.8, 4) is 5.75 Å². The molecule has 0 aliphatic rings. The lowest BCUT2D eigenvalue weighted by atomic mass is 10.0. The molecule has 1 aromatic rings. The normalized spacial score (nSPS) is 14.7. The fourth-order valence-electron chi connectivity index (χ4n) is 1.74. The van der Waals surface area contributed by atoms with Gasteiger partial charge in [-0.3, -0.25) is 0 Å². The quantitative estimate of drug-likeness (QED) is 0.807. The van der Waals surface area contributed by atoms with Crippen LogP contribution < -0.4 is 0 Å². The van der Waals surface area contributed by atoms with Gasteiger partial charge in [-0.1, -0.05) is 18.2 Å². The minimum Gasteiger partial charge on any atom is -0.508 e. The van der Waals surface area contributed by atoms with E-state index in [0.29, 0.717) is 13.2 Å². The summed E-state index contributed by atoms with van der Waals surface area (Å²) in [5, 5.41) is 9.79. The van der Waals surface area contributed by atoms with Gasteiger partial charge in [-0.25, -0.2) is 0 Å². The summed E-state index contributed by atoms with van der Waals surface area (Å²) in [6, 6.07) is 7.22.